The normalized spacial score (nSPS) is 15.3. The molecule has 3 nitrogen and oxygen atoms in total. The van der Waals surface area contributed by atoms with Crippen LogP contribution in [0.25, 0.3) is 16.7 Å². The Morgan fingerprint density at radius 1 is 0.788 bits per heavy atom. The third kappa shape index (κ3) is 6.50. The van der Waals surface area contributed by atoms with Crippen molar-refractivity contribution in [2.24, 2.45) is 0 Å². The van der Waals surface area contributed by atoms with E-state index in [1.165, 1.54) is 33.4 Å². The minimum absolute atomic E-state index is 0.0879. The van der Waals surface area contributed by atoms with Gasteiger partial charge in [-0.25, -0.2) is 4.79 Å². The minimum Gasteiger partial charge on any atom is -0.444 e. The number of rotatable bonds is 2. The first-order valence-corrected chi connectivity index (χ1v) is 12.1. The maximum Gasteiger partial charge on any atom is 0.410 e. The van der Waals surface area contributed by atoms with Gasteiger partial charge in [-0.1, -0.05) is 84.0 Å². The fourth-order valence-corrected chi connectivity index (χ4v) is 3.98. The van der Waals surface area contributed by atoms with Gasteiger partial charge in [0.15, 0.2) is 0 Å². The van der Waals surface area contributed by atoms with Crippen LogP contribution in [0.3, 0.4) is 0 Å². The molecule has 2 aromatic carbocycles. The number of hydrogen-bond acceptors (Lipinski definition) is 2. The van der Waals surface area contributed by atoms with Gasteiger partial charge in [-0.15, -0.1) is 0 Å². The van der Waals surface area contributed by atoms with E-state index in [4.69, 9.17) is 4.74 Å². The topological polar surface area (TPSA) is 29.5 Å². The van der Waals surface area contributed by atoms with E-state index >= 15 is 0 Å². The molecule has 0 spiro atoms. The largest absolute Gasteiger partial charge is 0.444 e. The molecule has 3 rings (SSSR count). The molecule has 178 valence electrons. The molecule has 0 atom stereocenters. The van der Waals surface area contributed by atoms with E-state index < -0.39 is 5.60 Å². The molecule has 0 saturated heterocycles. The van der Waals surface area contributed by atoms with Crippen LogP contribution in [0.15, 0.2) is 48.5 Å². The summed E-state index contributed by atoms with van der Waals surface area (Å²) in [5, 5.41) is 0. The standard InChI is InChI=1S/C30H41NO2/c1-28(2,3)25-18-24(19-26(20-25)29(4,5)6)23-12-10-11-22(17-23)21-13-15-31(16-14-21)27(32)33-30(7,8)9/h10-13,17-20H,14-16H2,1-9H3. The molecule has 0 saturated carbocycles. The van der Waals surface area contributed by atoms with Gasteiger partial charge in [-0.05, 0) is 77.5 Å². The van der Waals surface area contributed by atoms with Gasteiger partial charge in [-0.2, -0.15) is 0 Å². The molecule has 33 heavy (non-hydrogen) atoms. The van der Waals surface area contributed by atoms with Crippen LogP contribution in [0.1, 0.15) is 85.4 Å². The number of carbonyl (C=O) groups excluding carboxylic acids is 1. The summed E-state index contributed by atoms with van der Waals surface area (Å²) in [5.41, 5.74) is 7.45. The van der Waals surface area contributed by atoms with Crippen molar-refractivity contribution in [3.05, 3.63) is 65.2 Å². The van der Waals surface area contributed by atoms with Crippen LogP contribution in [0.5, 0.6) is 0 Å². The molecule has 1 aliphatic rings. The summed E-state index contributed by atoms with van der Waals surface area (Å²) in [4.78, 5) is 14.2. The summed E-state index contributed by atoms with van der Waals surface area (Å²) in [7, 11) is 0. The minimum atomic E-state index is -0.469. The van der Waals surface area contributed by atoms with Gasteiger partial charge in [0, 0.05) is 13.1 Å². The first-order chi connectivity index (χ1) is 15.1. The summed E-state index contributed by atoms with van der Waals surface area (Å²) in [6, 6.07) is 15.9. The highest BCUT2D eigenvalue weighted by molar-refractivity contribution is 5.76. The molecular weight excluding hydrogens is 406 g/mol. The van der Waals surface area contributed by atoms with E-state index in [1.54, 1.807) is 4.90 Å². The van der Waals surface area contributed by atoms with Crippen LogP contribution >= 0.6 is 0 Å². The van der Waals surface area contributed by atoms with Gasteiger partial charge in [-0.3, -0.25) is 0 Å². The molecule has 2 aromatic rings. The Labute approximate surface area is 200 Å². The van der Waals surface area contributed by atoms with Crippen LogP contribution in [-0.2, 0) is 15.6 Å². The van der Waals surface area contributed by atoms with Crippen molar-refractivity contribution >= 4 is 11.7 Å². The van der Waals surface area contributed by atoms with Crippen molar-refractivity contribution in [3.63, 3.8) is 0 Å². The van der Waals surface area contributed by atoms with E-state index in [1.807, 2.05) is 20.8 Å². The van der Waals surface area contributed by atoms with Gasteiger partial charge in [0.2, 0.25) is 0 Å². The van der Waals surface area contributed by atoms with Crippen molar-refractivity contribution in [1.29, 1.82) is 0 Å². The zero-order valence-electron chi connectivity index (χ0n) is 22.0. The maximum atomic E-state index is 12.4. The van der Waals surface area contributed by atoms with E-state index in [0.717, 1.165) is 6.42 Å². The number of hydrogen-bond donors (Lipinski definition) is 0. The molecule has 0 N–H and O–H groups in total. The first-order valence-electron chi connectivity index (χ1n) is 12.1. The van der Waals surface area contributed by atoms with Gasteiger partial charge in [0.05, 0.1) is 0 Å². The van der Waals surface area contributed by atoms with Crippen LogP contribution in [0.4, 0.5) is 4.79 Å². The zero-order chi connectivity index (χ0) is 24.6. The number of nitrogens with zero attached hydrogens (tertiary/aromatic N) is 1. The average Bonchev–Trinajstić information content (AvgIpc) is 2.71. The molecule has 1 amide bonds. The molecule has 0 fully saturated rings. The number of amides is 1. The van der Waals surface area contributed by atoms with E-state index in [-0.39, 0.29) is 16.9 Å². The Morgan fingerprint density at radius 2 is 1.36 bits per heavy atom. The van der Waals surface area contributed by atoms with Crippen molar-refractivity contribution in [3.8, 4) is 11.1 Å². The van der Waals surface area contributed by atoms with E-state index in [2.05, 4.69) is 90.1 Å². The molecule has 1 aliphatic heterocycles. The number of carbonyl (C=O) groups is 1. The van der Waals surface area contributed by atoms with Gasteiger partial charge in [0.1, 0.15) is 5.60 Å². The van der Waals surface area contributed by atoms with Crippen molar-refractivity contribution < 1.29 is 9.53 Å². The maximum absolute atomic E-state index is 12.4. The summed E-state index contributed by atoms with van der Waals surface area (Å²) in [6.07, 6.45) is 2.76. The van der Waals surface area contributed by atoms with Crippen molar-refractivity contribution in [1.82, 2.24) is 4.90 Å². The van der Waals surface area contributed by atoms with Gasteiger partial charge < -0.3 is 9.64 Å². The fraction of sp³-hybridized carbons (Fsp3) is 0.500. The van der Waals surface area contributed by atoms with Crippen LogP contribution in [0, 0.1) is 0 Å². The van der Waals surface area contributed by atoms with Crippen LogP contribution in [0.2, 0.25) is 0 Å². The summed E-state index contributed by atoms with van der Waals surface area (Å²) in [6.45, 7) is 20.6. The monoisotopic (exact) mass is 447 g/mol. The lowest BCUT2D eigenvalue weighted by Gasteiger charge is -2.29. The quantitative estimate of drug-likeness (QED) is 0.467. The molecule has 0 unspecified atom stereocenters. The molecule has 0 aliphatic carbocycles. The highest BCUT2D eigenvalue weighted by Crippen LogP contribution is 2.35. The molecular formula is C30H41NO2. The second-order valence-electron chi connectivity index (χ2n) is 12.3. The summed E-state index contributed by atoms with van der Waals surface area (Å²) < 4.78 is 5.53. The van der Waals surface area contributed by atoms with E-state index in [0.29, 0.717) is 13.1 Å². The SMILES string of the molecule is CC(C)(C)OC(=O)N1CC=C(c2cccc(-c3cc(C(C)(C)C)cc(C(C)(C)C)c3)c2)CC1. The predicted molar refractivity (Wildman–Crippen MR) is 140 cm³/mol. The molecule has 0 radical (unpaired) electrons. The van der Waals surface area contributed by atoms with Crippen LogP contribution in [-0.4, -0.2) is 29.7 Å². The van der Waals surface area contributed by atoms with Gasteiger partial charge >= 0.3 is 6.09 Å². The second kappa shape index (κ2) is 9.00. The smallest absolute Gasteiger partial charge is 0.410 e. The molecule has 0 bridgehead atoms. The summed E-state index contributed by atoms with van der Waals surface area (Å²) >= 11 is 0. The first kappa shape index (κ1) is 25.1. The predicted octanol–water partition coefficient (Wildman–Crippen LogP) is 7.97. The Kier molecular flexibility index (Phi) is 6.84. The zero-order valence-corrected chi connectivity index (χ0v) is 22.0. The highest BCUT2D eigenvalue weighted by atomic mass is 16.6. The Morgan fingerprint density at radius 3 is 1.85 bits per heavy atom. The lowest BCUT2D eigenvalue weighted by atomic mass is 9.79. The molecule has 1 heterocycles. The third-order valence-corrected chi connectivity index (χ3v) is 6.09. The lowest BCUT2D eigenvalue weighted by molar-refractivity contribution is 0.0270. The highest BCUT2D eigenvalue weighted by Gasteiger charge is 2.24. The van der Waals surface area contributed by atoms with E-state index in [9.17, 15) is 4.79 Å². The third-order valence-electron chi connectivity index (χ3n) is 6.09. The Balaban J connectivity index is 1.90. The number of ether oxygens (including phenoxy) is 1. The van der Waals surface area contributed by atoms with Crippen molar-refractivity contribution in [2.75, 3.05) is 13.1 Å². The molecule has 0 aromatic heterocycles. The van der Waals surface area contributed by atoms with Crippen molar-refractivity contribution in [2.45, 2.75) is 85.2 Å². The van der Waals surface area contributed by atoms with Crippen LogP contribution < -0.4 is 0 Å². The Bertz CT molecular complexity index is 1010. The lowest BCUT2D eigenvalue weighted by Crippen LogP contribution is -2.39. The average molecular weight is 448 g/mol. The second-order valence-corrected chi connectivity index (χ2v) is 12.3. The van der Waals surface area contributed by atoms with Gasteiger partial charge in [0.25, 0.3) is 0 Å². The Hall–Kier alpha value is -2.55. The number of benzene rings is 2. The summed E-state index contributed by atoms with van der Waals surface area (Å²) in [5.74, 6) is 0. The fourth-order valence-electron chi connectivity index (χ4n) is 3.98. The molecule has 3 heteroatoms.